The minimum atomic E-state index is -3.16. The fourth-order valence-corrected chi connectivity index (χ4v) is 15.0. The van der Waals surface area contributed by atoms with E-state index in [2.05, 4.69) is 106 Å². The zero-order chi connectivity index (χ0) is 78.6. The summed E-state index contributed by atoms with van der Waals surface area (Å²) in [6.07, 6.45) is 6.17. The highest BCUT2D eigenvalue weighted by molar-refractivity contribution is 5.81. The molecule has 16 rings (SSSR count). The molecule has 3 unspecified atom stereocenters. The Morgan fingerprint density at radius 1 is 0.404 bits per heavy atom. The van der Waals surface area contributed by atoms with Crippen LogP contribution in [0.4, 0.5) is 8.78 Å². The van der Waals surface area contributed by atoms with Gasteiger partial charge in [-0.3, -0.25) is 24.0 Å². The highest BCUT2D eigenvalue weighted by Crippen LogP contribution is 2.39. The Morgan fingerprint density at radius 2 is 0.743 bits per heavy atom. The summed E-state index contributed by atoms with van der Waals surface area (Å²) in [4.78, 5) is 106. The van der Waals surface area contributed by atoms with E-state index in [0.717, 1.165) is 16.7 Å². The molecule has 23 atom stereocenters. The van der Waals surface area contributed by atoms with Crippen LogP contribution >= 0.6 is 0 Å². The Labute approximate surface area is 614 Å². The molecular formula is C67H92F2N20O20. The first-order valence-corrected chi connectivity index (χ1v) is 35.0. The Balaban J connectivity index is 0.000000131. The van der Waals surface area contributed by atoms with E-state index >= 15 is 0 Å². The number of hydrogen-bond donors (Lipinski definition) is 26. The normalized spacial score (nSPS) is 31.8. The minimum absolute atomic E-state index is 0.0128. The number of alkyl halides is 2. The van der Waals surface area contributed by atoms with Gasteiger partial charge in [-0.15, -0.1) is 0 Å². The number of nitrogens with zero attached hydrogens (tertiary/aromatic N) is 5. The van der Waals surface area contributed by atoms with Crippen LogP contribution < -0.4 is 54.4 Å². The maximum atomic E-state index is 12.9. The van der Waals surface area contributed by atoms with Crippen molar-refractivity contribution in [3.8, 4) is 0 Å². The van der Waals surface area contributed by atoms with Gasteiger partial charge in [-0.05, 0) is 13.3 Å². The summed E-state index contributed by atoms with van der Waals surface area (Å²) in [7, 11) is 4.35. The number of aromatic amines is 10. The van der Waals surface area contributed by atoms with E-state index in [9.17, 15) is 83.8 Å². The summed E-state index contributed by atoms with van der Waals surface area (Å²) in [5.41, 5.74) is 7.07. The van der Waals surface area contributed by atoms with Crippen LogP contribution in [-0.2, 0) is 18.9 Å². The molecule has 6 fully saturated rings. The van der Waals surface area contributed by atoms with Crippen LogP contribution in [0.15, 0.2) is 86.6 Å². The van der Waals surface area contributed by atoms with Gasteiger partial charge < -0.3 is 152 Å². The molecule has 0 amide bonds. The number of nitrogens with one attached hydrogen (secondary N) is 15. The van der Waals surface area contributed by atoms with Crippen molar-refractivity contribution in [2.45, 2.75) is 168 Å². The summed E-state index contributed by atoms with van der Waals surface area (Å²) < 4.78 is 45.7. The van der Waals surface area contributed by atoms with Crippen molar-refractivity contribution in [3.05, 3.63) is 142 Å². The number of aliphatic hydroxyl groups excluding tert-OH is 11. The number of methoxy groups -OCH3 is 3. The summed E-state index contributed by atoms with van der Waals surface area (Å²) in [5, 5.41) is 123. The number of aliphatic hydroxyl groups is 11. The lowest BCUT2D eigenvalue weighted by molar-refractivity contribution is -0.106. The van der Waals surface area contributed by atoms with Crippen molar-refractivity contribution in [2.24, 2.45) is 11.8 Å². The Morgan fingerprint density at radius 3 is 1.07 bits per heavy atom. The number of rotatable bonds is 14. The highest BCUT2D eigenvalue weighted by Gasteiger charge is 2.56. The van der Waals surface area contributed by atoms with Gasteiger partial charge in [-0.25, -0.2) is 33.7 Å². The Bertz CT molecular complexity index is 4710. The lowest BCUT2D eigenvalue weighted by Gasteiger charge is -2.19. The smallest absolute Gasteiger partial charge is 0.301 e. The fourth-order valence-electron chi connectivity index (χ4n) is 15.0. The predicted octanol–water partition coefficient (Wildman–Crippen LogP) is -4.42. The molecule has 0 aliphatic carbocycles. The molecule has 16 heterocycles. The SMILES string of the molecule is CC[C@H]1N[C@@H](c2c[nH]c3c(=O)[nH]cnc23)[C@H](O)[C@@H]1O.COCC1OC(C)C(F)(F)C1O.CO[C@@H]1[C@H](O)[C@@H](CO)N[C@H]1c1c[nH]c2c(=O)[nH]cnc12.CO[C@H]1[C@@H](O)[C@H](c2c[nH]c3c(=O)[nH]cnc23)N[C@@H]1CO.C[C@@H]1[C@H](O)[C@@H](CO)N[C@H]1c1c[nH]c2c(=O)[nH]cnc12.C[C@H]1[C@@H](O)[C@H](c2c[nH]c3c(=O)[nH]cnc23)N[C@@H]1CO. The minimum Gasteiger partial charge on any atom is -0.395 e. The van der Waals surface area contributed by atoms with Gasteiger partial charge in [-0.1, -0.05) is 20.8 Å². The molecule has 594 valence electrons. The maximum absolute atomic E-state index is 12.9. The molecule has 42 heteroatoms. The topological polar surface area (TPSA) is 627 Å². The van der Waals surface area contributed by atoms with E-state index in [-0.39, 0.29) is 115 Å². The van der Waals surface area contributed by atoms with Crippen molar-refractivity contribution in [1.29, 1.82) is 0 Å². The van der Waals surface area contributed by atoms with Gasteiger partial charge >= 0.3 is 5.92 Å². The Kier molecular flexibility index (Phi) is 25.8. The largest absolute Gasteiger partial charge is 0.395 e. The molecule has 10 aromatic rings. The van der Waals surface area contributed by atoms with Crippen molar-refractivity contribution in [1.82, 2.24) is 101 Å². The molecule has 6 saturated heterocycles. The number of hydrogen-bond acceptors (Lipinski definition) is 30. The van der Waals surface area contributed by atoms with Crippen molar-refractivity contribution in [2.75, 3.05) is 54.4 Å². The zero-order valence-electron chi connectivity index (χ0n) is 59.9. The van der Waals surface area contributed by atoms with Gasteiger partial charge in [0.05, 0.1) is 131 Å². The third-order valence-electron chi connectivity index (χ3n) is 21.2. The second kappa shape index (κ2) is 34.6. The van der Waals surface area contributed by atoms with Crippen LogP contribution in [-0.4, -0.2) is 289 Å². The molecular weight excluding hydrogens is 1440 g/mol. The van der Waals surface area contributed by atoms with Gasteiger partial charge in [0.1, 0.15) is 97.9 Å². The summed E-state index contributed by atoms with van der Waals surface area (Å²) in [6.45, 7) is 6.44. The van der Waals surface area contributed by atoms with Gasteiger partial charge in [0, 0.05) is 110 Å². The van der Waals surface area contributed by atoms with E-state index in [1.807, 2.05) is 20.8 Å². The first-order valence-electron chi connectivity index (χ1n) is 35.0. The summed E-state index contributed by atoms with van der Waals surface area (Å²) in [6, 6.07) is -3.24. The molecule has 109 heavy (non-hydrogen) atoms. The lowest BCUT2D eigenvalue weighted by atomic mass is 9.94. The van der Waals surface area contributed by atoms with Crippen molar-refractivity contribution >= 4 is 55.2 Å². The first-order chi connectivity index (χ1) is 52.2. The van der Waals surface area contributed by atoms with Crippen LogP contribution in [0.5, 0.6) is 0 Å². The van der Waals surface area contributed by atoms with Gasteiger partial charge in [0.15, 0.2) is 0 Å². The number of aromatic nitrogens is 15. The molecule has 10 aromatic heterocycles. The van der Waals surface area contributed by atoms with E-state index in [4.69, 9.17) is 19.3 Å². The van der Waals surface area contributed by atoms with Gasteiger partial charge in [0.2, 0.25) is 0 Å². The van der Waals surface area contributed by atoms with Crippen LogP contribution in [0.25, 0.3) is 55.2 Å². The van der Waals surface area contributed by atoms with Crippen molar-refractivity contribution < 1.29 is 83.9 Å². The highest BCUT2D eigenvalue weighted by atomic mass is 19.3. The second-order valence-corrected chi connectivity index (χ2v) is 27.3. The third-order valence-corrected chi connectivity index (χ3v) is 21.2. The quantitative estimate of drug-likeness (QED) is 0.0489. The number of H-pyrrole nitrogens is 10. The van der Waals surface area contributed by atoms with Gasteiger partial charge in [-0.2, -0.15) is 0 Å². The molecule has 0 spiro atoms. The summed E-state index contributed by atoms with van der Waals surface area (Å²) in [5.74, 6) is -3.30. The molecule has 0 bridgehead atoms. The monoisotopic (exact) mass is 1530 g/mol. The van der Waals surface area contributed by atoms with Crippen LogP contribution in [0, 0.1) is 11.8 Å². The molecule has 6 aliphatic heterocycles. The summed E-state index contributed by atoms with van der Waals surface area (Å²) >= 11 is 0. The predicted molar refractivity (Wildman–Crippen MR) is 384 cm³/mol. The number of fused-ring (bicyclic) bond motifs is 5. The molecule has 0 saturated carbocycles. The third kappa shape index (κ3) is 15.8. The first kappa shape index (κ1) is 81.2. The van der Waals surface area contributed by atoms with Crippen molar-refractivity contribution in [3.63, 3.8) is 0 Å². The average molecular weight is 1540 g/mol. The van der Waals surface area contributed by atoms with E-state index in [1.165, 1.54) is 59.9 Å². The number of halogens is 2. The zero-order valence-corrected chi connectivity index (χ0v) is 59.9. The molecule has 40 nitrogen and oxygen atoms in total. The second-order valence-electron chi connectivity index (χ2n) is 27.3. The average Bonchev–Trinajstić information content (AvgIpc) is 1.64. The lowest BCUT2D eigenvalue weighted by Crippen LogP contribution is -2.39. The van der Waals surface area contributed by atoms with Gasteiger partial charge in [0.25, 0.3) is 27.8 Å². The fraction of sp³-hybridized carbons (Fsp3) is 0.552. The molecule has 6 aliphatic rings. The van der Waals surface area contributed by atoms with Crippen LogP contribution in [0.2, 0.25) is 0 Å². The van der Waals surface area contributed by atoms with Crippen LogP contribution in [0.3, 0.4) is 0 Å². The van der Waals surface area contributed by atoms with E-state index in [1.54, 1.807) is 31.0 Å². The molecule has 0 radical (unpaired) electrons. The Hall–Kier alpha value is -8.84. The maximum Gasteiger partial charge on any atom is 0.301 e. The van der Waals surface area contributed by atoms with E-state index < -0.39 is 91.2 Å². The molecule has 26 N–H and O–H groups in total. The van der Waals surface area contributed by atoms with Crippen LogP contribution in [0.1, 0.15) is 92.1 Å². The van der Waals surface area contributed by atoms with E-state index in [0.29, 0.717) is 72.7 Å². The molecule has 0 aromatic carbocycles. The number of ether oxygens (including phenoxy) is 4. The standard InChI is InChI=1S/2C12H16N4O4.3C12H16N4O3.C7H12F2O3/c1-20-11-6(3-17)16-8(10(11)18)5-2-13-9-7(5)14-4-15-12(9)19;1-20-11-8(16-6(3-17)10(11)18)5-2-13-9-7(5)14-4-15-12(9)19;1-5-8(16-7(3-17)11(5)18)6-2-13-10-9(6)14-4-15-12(10)19;1-5-7(3-17)16-9(11(5)18)6-2-13-10-8(6)14-4-15-12(10)19;1-2-6-10(17)11(18)8(16-6)5-3-13-9-7(5)14-4-15-12(9)19;1-4-7(8,9)6(10)5(12-4)3-11-2/h2*2,4,6,8,10-11,13,16-18H,3H2,1H3,(H,14,15,19);2,4-5,7-8,11,13,16-18H,3H2,1H3,(H,14,15,19);2,4-5,7,9,11,13,16-18H,3H2,1H3,(H,14,15,19);3-4,6,8,10-11,13,16-18H,2H2,1H3,(H,14,15,19);4-6,10H,3H2,1-2H3/t6-,8+,10+,11-;6-,8+,10-,11+;5-,7+,8+,11-;5-,7-,9+,11-;6-,8+,10-,11+;/m11011./s1.